The van der Waals surface area contributed by atoms with Gasteiger partial charge in [0.2, 0.25) is 0 Å². The van der Waals surface area contributed by atoms with Crippen LogP contribution in [0.5, 0.6) is 0 Å². The summed E-state index contributed by atoms with van der Waals surface area (Å²) in [4.78, 5) is 10.1. The van der Waals surface area contributed by atoms with Gasteiger partial charge in [0, 0.05) is 18.2 Å². The van der Waals surface area contributed by atoms with Crippen LogP contribution in [-0.4, -0.2) is 9.13 Å². The van der Waals surface area contributed by atoms with Crippen LogP contribution in [0.2, 0.25) is 0 Å². The second kappa shape index (κ2) is 5.74. The topological polar surface area (TPSA) is 72.2 Å². The maximum absolute atomic E-state index is 13.0. The van der Waals surface area contributed by atoms with Crippen LogP contribution in [0.3, 0.4) is 0 Å². The van der Waals surface area contributed by atoms with Crippen LogP contribution < -0.4 is 4.72 Å². The molecule has 2 rings (SSSR count). The minimum atomic E-state index is -1.78. The number of rotatable bonds is 4. The van der Waals surface area contributed by atoms with Crippen LogP contribution in [0.4, 0.5) is 20.2 Å². The van der Waals surface area contributed by atoms with Crippen molar-refractivity contribution in [2.45, 2.75) is 4.90 Å². The molecule has 0 fully saturated rings. The van der Waals surface area contributed by atoms with Gasteiger partial charge in [-0.2, -0.15) is 0 Å². The Morgan fingerprint density at radius 1 is 1.05 bits per heavy atom. The van der Waals surface area contributed by atoms with Crippen molar-refractivity contribution in [3.63, 3.8) is 0 Å². The summed E-state index contributed by atoms with van der Waals surface area (Å²) in [7, 11) is -1.78. The van der Waals surface area contributed by atoms with Crippen LogP contribution in [0.1, 0.15) is 0 Å². The zero-order chi connectivity index (χ0) is 14.7. The summed E-state index contributed by atoms with van der Waals surface area (Å²) >= 11 is 0. The van der Waals surface area contributed by atoms with Crippen molar-refractivity contribution in [3.05, 3.63) is 64.2 Å². The number of benzene rings is 2. The molecule has 0 radical (unpaired) electrons. The monoisotopic (exact) mass is 298 g/mol. The molecular weight excluding hydrogens is 290 g/mol. The quantitative estimate of drug-likeness (QED) is 0.696. The first-order chi connectivity index (χ1) is 9.45. The molecule has 0 aromatic heterocycles. The van der Waals surface area contributed by atoms with E-state index in [2.05, 4.69) is 4.72 Å². The standard InChI is InChI=1S/C12H8F2N2O3S/c13-8-5-9(14)7-10(6-8)15-20(19)12-3-1-11(2-4-12)16(17)18/h1-7,15H. The van der Waals surface area contributed by atoms with Gasteiger partial charge in [-0.1, -0.05) is 0 Å². The number of nitro benzene ring substituents is 1. The van der Waals surface area contributed by atoms with Crippen molar-refractivity contribution in [1.29, 1.82) is 0 Å². The van der Waals surface area contributed by atoms with E-state index in [1.165, 1.54) is 24.3 Å². The summed E-state index contributed by atoms with van der Waals surface area (Å²) in [6.07, 6.45) is 0. The smallest absolute Gasteiger partial charge is 0.269 e. The molecule has 1 unspecified atom stereocenters. The largest absolute Gasteiger partial charge is 0.301 e. The van der Waals surface area contributed by atoms with Crippen molar-refractivity contribution >= 4 is 22.4 Å². The predicted octanol–water partition coefficient (Wildman–Crippen LogP) is 3.01. The highest BCUT2D eigenvalue weighted by Crippen LogP contribution is 2.18. The van der Waals surface area contributed by atoms with E-state index >= 15 is 0 Å². The molecule has 2 aromatic rings. The van der Waals surface area contributed by atoms with E-state index in [0.717, 1.165) is 12.1 Å². The molecule has 1 atom stereocenters. The Bertz CT molecular complexity index is 657. The van der Waals surface area contributed by atoms with Crippen molar-refractivity contribution < 1.29 is 17.9 Å². The van der Waals surface area contributed by atoms with Crippen LogP contribution in [0.15, 0.2) is 47.4 Å². The van der Waals surface area contributed by atoms with Gasteiger partial charge in [-0.15, -0.1) is 0 Å². The molecule has 2 aromatic carbocycles. The maximum atomic E-state index is 13.0. The summed E-state index contributed by atoms with van der Waals surface area (Å²) in [6.45, 7) is 0. The highest BCUT2D eigenvalue weighted by atomic mass is 32.2. The van der Waals surface area contributed by atoms with E-state index in [4.69, 9.17) is 0 Å². The Morgan fingerprint density at radius 2 is 1.60 bits per heavy atom. The van der Waals surface area contributed by atoms with Gasteiger partial charge in [-0.05, 0) is 24.3 Å². The molecule has 0 saturated heterocycles. The lowest BCUT2D eigenvalue weighted by atomic mass is 10.3. The molecule has 0 heterocycles. The molecule has 1 N–H and O–H groups in total. The number of hydrogen-bond donors (Lipinski definition) is 1. The van der Waals surface area contributed by atoms with Gasteiger partial charge in [0.05, 0.1) is 15.5 Å². The van der Waals surface area contributed by atoms with Crippen LogP contribution in [0, 0.1) is 21.7 Å². The molecule has 104 valence electrons. The first-order valence-electron chi connectivity index (χ1n) is 5.35. The molecule has 0 aliphatic carbocycles. The number of halogens is 2. The highest BCUT2D eigenvalue weighted by Gasteiger charge is 2.09. The Hall–Kier alpha value is -2.35. The summed E-state index contributed by atoms with van der Waals surface area (Å²) in [5, 5.41) is 10.5. The summed E-state index contributed by atoms with van der Waals surface area (Å²) in [5.41, 5.74) is -0.123. The van der Waals surface area contributed by atoms with E-state index in [1.807, 2.05) is 0 Å². The minimum Gasteiger partial charge on any atom is -0.301 e. The third-order valence-corrected chi connectivity index (χ3v) is 3.46. The first-order valence-corrected chi connectivity index (χ1v) is 6.49. The average Bonchev–Trinajstić information content (AvgIpc) is 2.37. The van der Waals surface area contributed by atoms with E-state index in [-0.39, 0.29) is 16.3 Å². The van der Waals surface area contributed by atoms with Gasteiger partial charge in [0.1, 0.15) is 22.6 Å². The molecular formula is C12H8F2N2O3S. The molecule has 0 saturated carbocycles. The fourth-order valence-electron chi connectivity index (χ4n) is 1.47. The van der Waals surface area contributed by atoms with E-state index in [0.29, 0.717) is 6.07 Å². The molecule has 0 bridgehead atoms. The third-order valence-electron chi connectivity index (χ3n) is 2.33. The SMILES string of the molecule is O=[N+]([O-])c1ccc(S(=O)Nc2cc(F)cc(F)c2)cc1. The lowest BCUT2D eigenvalue weighted by Gasteiger charge is -2.06. The van der Waals surface area contributed by atoms with Crippen molar-refractivity contribution in [2.75, 3.05) is 4.72 Å². The average molecular weight is 298 g/mol. The Labute approximate surface area is 115 Å². The fraction of sp³-hybridized carbons (Fsp3) is 0. The fourth-order valence-corrected chi connectivity index (χ4v) is 2.30. The summed E-state index contributed by atoms with van der Waals surface area (Å²) < 4.78 is 40.3. The van der Waals surface area contributed by atoms with Gasteiger partial charge < -0.3 is 4.72 Å². The zero-order valence-corrected chi connectivity index (χ0v) is 10.7. The number of nitrogens with zero attached hydrogens (tertiary/aromatic N) is 1. The van der Waals surface area contributed by atoms with Crippen LogP contribution in [0.25, 0.3) is 0 Å². The van der Waals surface area contributed by atoms with E-state index < -0.39 is 27.5 Å². The number of nitrogens with one attached hydrogen (secondary N) is 1. The highest BCUT2D eigenvalue weighted by molar-refractivity contribution is 7.86. The third kappa shape index (κ3) is 3.35. The van der Waals surface area contributed by atoms with Gasteiger partial charge in [0.15, 0.2) is 0 Å². The predicted molar refractivity (Wildman–Crippen MR) is 69.5 cm³/mol. The molecule has 20 heavy (non-hydrogen) atoms. The lowest BCUT2D eigenvalue weighted by Crippen LogP contribution is -2.05. The van der Waals surface area contributed by atoms with Crippen LogP contribution in [-0.2, 0) is 11.0 Å². The van der Waals surface area contributed by atoms with E-state index in [9.17, 15) is 23.1 Å². The van der Waals surface area contributed by atoms with Gasteiger partial charge in [-0.3, -0.25) is 10.1 Å². The second-order valence-corrected chi connectivity index (χ2v) is 4.99. The van der Waals surface area contributed by atoms with Gasteiger partial charge >= 0.3 is 0 Å². The Balaban J connectivity index is 2.17. The number of nitro groups is 1. The molecule has 0 aliphatic heterocycles. The molecule has 8 heteroatoms. The lowest BCUT2D eigenvalue weighted by molar-refractivity contribution is -0.384. The molecule has 0 aliphatic rings. The van der Waals surface area contributed by atoms with Gasteiger partial charge in [-0.25, -0.2) is 13.0 Å². The van der Waals surface area contributed by atoms with Crippen LogP contribution >= 0.6 is 0 Å². The van der Waals surface area contributed by atoms with E-state index in [1.54, 1.807) is 0 Å². The summed E-state index contributed by atoms with van der Waals surface area (Å²) in [6, 6.07) is 7.68. The second-order valence-electron chi connectivity index (χ2n) is 3.78. The van der Waals surface area contributed by atoms with Crippen molar-refractivity contribution in [2.24, 2.45) is 0 Å². The first kappa shape index (κ1) is 14.1. The Morgan fingerprint density at radius 3 is 2.10 bits per heavy atom. The number of non-ortho nitro benzene ring substituents is 1. The minimum absolute atomic E-state index is 0.0131. The normalized spacial score (nSPS) is 11.9. The van der Waals surface area contributed by atoms with Gasteiger partial charge in [0.25, 0.3) is 5.69 Å². The molecule has 0 amide bonds. The zero-order valence-electron chi connectivity index (χ0n) is 9.88. The summed E-state index contributed by atoms with van der Waals surface area (Å²) in [5.74, 6) is -1.60. The molecule has 5 nitrogen and oxygen atoms in total. The van der Waals surface area contributed by atoms with Crippen molar-refractivity contribution in [3.8, 4) is 0 Å². The van der Waals surface area contributed by atoms with Crippen molar-refractivity contribution in [1.82, 2.24) is 0 Å². The maximum Gasteiger partial charge on any atom is 0.269 e. The number of hydrogen-bond acceptors (Lipinski definition) is 3. The Kier molecular flexibility index (Phi) is 4.04. The number of anilines is 1. The molecule has 0 spiro atoms.